The van der Waals surface area contributed by atoms with Gasteiger partial charge in [-0.3, -0.25) is 5.10 Å². The van der Waals surface area contributed by atoms with Crippen molar-refractivity contribution in [1.82, 2.24) is 15.2 Å². The number of hydrogen-bond acceptors (Lipinski definition) is 5. The first-order chi connectivity index (χ1) is 10.8. The van der Waals surface area contributed by atoms with E-state index in [2.05, 4.69) is 20.5 Å². The predicted octanol–water partition coefficient (Wildman–Crippen LogP) is 3.24. The second kappa shape index (κ2) is 6.33. The van der Waals surface area contributed by atoms with Crippen LogP contribution in [0, 0.1) is 11.3 Å². The van der Waals surface area contributed by atoms with Gasteiger partial charge in [-0.15, -0.1) is 0 Å². The average molecular weight is 314 g/mol. The van der Waals surface area contributed by atoms with Crippen LogP contribution in [0.2, 0.25) is 5.02 Å². The van der Waals surface area contributed by atoms with Gasteiger partial charge in [-0.1, -0.05) is 11.6 Å². The van der Waals surface area contributed by atoms with Gasteiger partial charge in [0.25, 0.3) is 0 Å². The van der Waals surface area contributed by atoms with Crippen molar-refractivity contribution >= 4 is 17.3 Å². The van der Waals surface area contributed by atoms with E-state index in [1.807, 2.05) is 18.2 Å². The summed E-state index contributed by atoms with van der Waals surface area (Å²) in [6.45, 7) is 0.662. The molecule has 0 bridgehead atoms. The molecule has 0 radical (unpaired) electrons. The minimum atomic E-state index is 0.437. The third-order valence-corrected chi connectivity index (χ3v) is 3.37. The molecule has 3 rings (SSSR count). The molecule has 7 heteroatoms. The lowest BCUT2D eigenvalue weighted by molar-refractivity contribution is 0.577. The minimum absolute atomic E-state index is 0.437. The lowest BCUT2D eigenvalue weighted by Gasteiger charge is -2.05. The highest BCUT2D eigenvalue weighted by molar-refractivity contribution is 6.32. The minimum Gasteiger partial charge on any atom is -0.461 e. The van der Waals surface area contributed by atoms with Crippen molar-refractivity contribution in [2.75, 3.05) is 11.9 Å². The van der Waals surface area contributed by atoms with Gasteiger partial charge in [-0.25, -0.2) is 4.98 Å². The monoisotopic (exact) mass is 313 g/mol. The zero-order chi connectivity index (χ0) is 15.4. The van der Waals surface area contributed by atoms with E-state index in [-0.39, 0.29) is 0 Å². The first-order valence-corrected chi connectivity index (χ1v) is 7.03. The summed E-state index contributed by atoms with van der Waals surface area (Å²) in [6.07, 6.45) is 2.26. The molecule has 0 atom stereocenters. The number of furan rings is 1. The summed E-state index contributed by atoms with van der Waals surface area (Å²) in [7, 11) is 0. The number of aromatic amines is 1. The Balaban J connectivity index is 1.57. The van der Waals surface area contributed by atoms with Crippen molar-refractivity contribution in [3.8, 4) is 17.7 Å². The van der Waals surface area contributed by atoms with Crippen molar-refractivity contribution in [2.24, 2.45) is 0 Å². The van der Waals surface area contributed by atoms with Crippen LogP contribution in [0.25, 0.3) is 11.6 Å². The van der Waals surface area contributed by atoms with E-state index in [1.54, 1.807) is 24.5 Å². The van der Waals surface area contributed by atoms with E-state index in [1.165, 1.54) is 0 Å². The van der Waals surface area contributed by atoms with E-state index in [4.69, 9.17) is 21.3 Å². The lowest BCUT2D eigenvalue weighted by atomic mass is 10.2. The smallest absolute Gasteiger partial charge is 0.216 e. The van der Waals surface area contributed by atoms with Gasteiger partial charge in [-0.05, 0) is 30.3 Å². The second-order valence-corrected chi connectivity index (χ2v) is 4.97. The first kappa shape index (κ1) is 14.2. The number of hydrogen-bond donors (Lipinski definition) is 2. The Bertz CT molecular complexity index is 804. The summed E-state index contributed by atoms with van der Waals surface area (Å²) in [6, 6.07) is 10.9. The fourth-order valence-electron chi connectivity index (χ4n) is 1.96. The molecule has 1 aromatic carbocycles. The van der Waals surface area contributed by atoms with Crippen LogP contribution >= 0.6 is 11.6 Å². The molecule has 0 amide bonds. The Morgan fingerprint density at radius 2 is 2.27 bits per heavy atom. The summed E-state index contributed by atoms with van der Waals surface area (Å²) < 4.78 is 5.24. The van der Waals surface area contributed by atoms with Crippen LogP contribution in [0.5, 0.6) is 0 Å². The largest absolute Gasteiger partial charge is 0.461 e. The number of halogens is 1. The molecule has 0 saturated heterocycles. The number of rotatable bonds is 5. The lowest BCUT2D eigenvalue weighted by Crippen LogP contribution is -2.06. The number of anilines is 1. The van der Waals surface area contributed by atoms with E-state index in [0.29, 0.717) is 35.1 Å². The molecule has 110 valence electrons. The van der Waals surface area contributed by atoms with Crippen LogP contribution in [0.4, 0.5) is 5.69 Å². The van der Waals surface area contributed by atoms with Crippen LogP contribution in [-0.4, -0.2) is 21.7 Å². The fourth-order valence-corrected chi connectivity index (χ4v) is 2.19. The van der Waals surface area contributed by atoms with Crippen LogP contribution in [0.15, 0.2) is 41.0 Å². The van der Waals surface area contributed by atoms with Gasteiger partial charge in [0.15, 0.2) is 5.76 Å². The maximum Gasteiger partial charge on any atom is 0.216 e. The summed E-state index contributed by atoms with van der Waals surface area (Å²) in [5.74, 6) is 1.94. The molecule has 0 fully saturated rings. The maximum absolute atomic E-state index is 8.83. The first-order valence-electron chi connectivity index (χ1n) is 6.65. The van der Waals surface area contributed by atoms with E-state index in [9.17, 15) is 0 Å². The Morgan fingerprint density at radius 1 is 1.36 bits per heavy atom. The van der Waals surface area contributed by atoms with Gasteiger partial charge in [0.05, 0.1) is 16.8 Å². The van der Waals surface area contributed by atoms with Gasteiger partial charge >= 0.3 is 0 Å². The number of benzene rings is 1. The van der Waals surface area contributed by atoms with E-state index in [0.717, 1.165) is 11.5 Å². The Morgan fingerprint density at radius 3 is 3.00 bits per heavy atom. The van der Waals surface area contributed by atoms with Crippen molar-refractivity contribution in [2.45, 2.75) is 6.42 Å². The number of nitrogens with one attached hydrogen (secondary N) is 2. The van der Waals surface area contributed by atoms with E-state index < -0.39 is 0 Å². The molecule has 2 heterocycles. The molecule has 2 aromatic heterocycles. The zero-order valence-electron chi connectivity index (χ0n) is 11.5. The fraction of sp³-hybridized carbons (Fsp3) is 0.133. The molecule has 2 N–H and O–H groups in total. The molecular weight excluding hydrogens is 302 g/mol. The molecule has 0 unspecified atom stereocenters. The summed E-state index contributed by atoms with van der Waals surface area (Å²) in [5.41, 5.74) is 1.32. The molecule has 0 saturated carbocycles. The van der Waals surface area contributed by atoms with Gasteiger partial charge in [0.1, 0.15) is 11.9 Å². The molecule has 0 aliphatic heterocycles. The quantitative estimate of drug-likeness (QED) is 0.754. The second-order valence-electron chi connectivity index (χ2n) is 4.57. The van der Waals surface area contributed by atoms with Crippen molar-refractivity contribution < 1.29 is 4.42 Å². The molecule has 0 spiro atoms. The van der Waals surface area contributed by atoms with E-state index >= 15 is 0 Å². The predicted molar refractivity (Wildman–Crippen MR) is 82.4 cm³/mol. The highest BCUT2D eigenvalue weighted by Gasteiger charge is 2.08. The number of nitrogens with zero attached hydrogens (tertiary/aromatic N) is 3. The van der Waals surface area contributed by atoms with Crippen LogP contribution < -0.4 is 5.32 Å². The third-order valence-electron chi connectivity index (χ3n) is 3.05. The molecule has 6 nitrogen and oxygen atoms in total. The molecule has 0 aliphatic rings. The SMILES string of the molecule is N#Cc1ccc(NCCc2nc(-c3ccco3)n[nH]2)cc1Cl. The highest BCUT2D eigenvalue weighted by Crippen LogP contribution is 2.20. The highest BCUT2D eigenvalue weighted by atomic mass is 35.5. The maximum atomic E-state index is 8.83. The van der Waals surface area contributed by atoms with Crippen molar-refractivity contribution in [3.05, 3.63) is 53.0 Å². The van der Waals surface area contributed by atoms with Gasteiger partial charge in [-0.2, -0.15) is 10.4 Å². The Kier molecular flexibility index (Phi) is 4.08. The van der Waals surface area contributed by atoms with Crippen molar-refractivity contribution in [1.29, 1.82) is 5.26 Å². The molecular formula is C15H12ClN5O. The zero-order valence-corrected chi connectivity index (χ0v) is 12.3. The third kappa shape index (κ3) is 3.10. The summed E-state index contributed by atoms with van der Waals surface area (Å²) in [5, 5.41) is 19.5. The molecule has 22 heavy (non-hydrogen) atoms. The van der Waals surface area contributed by atoms with Gasteiger partial charge in [0.2, 0.25) is 5.82 Å². The standard InChI is InChI=1S/C15H12ClN5O/c16-12-8-11(4-3-10(12)9-17)18-6-5-14-19-15(21-20-14)13-2-1-7-22-13/h1-4,7-8,18H,5-6H2,(H,19,20,21). The van der Waals surface area contributed by atoms with Gasteiger partial charge < -0.3 is 9.73 Å². The number of H-pyrrole nitrogens is 1. The van der Waals surface area contributed by atoms with Crippen LogP contribution in [0.3, 0.4) is 0 Å². The summed E-state index contributed by atoms with van der Waals surface area (Å²) >= 11 is 5.98. The number of aromatic nitrogens is 3. The average Bonchev–Trinajstić information content (AvgIpc) is 3.18. The number of nitriles is 1. The van der Waals surface area contributed by atoms with Crippen molar-refractivity contribution in [3.63, 3.8) is 0 Å². The topological polar surface area (TPSA) is 90.5 Å². The Labute approximate surface area is 131 Å². The van der Waals surface area contributed by atoms with Gasteiger partial charge in [0, 0.05) is 18.7 Å². The Hall–Kier alpha value is -2.78. The molecule has 0 aliphatic carbocycles. The van der Waals surface area contributed by atoms with Crippen LogP contribution in [0.1, 0.15) is 11.4 Å². The molecule has 3 aromatic rings. The van der Waals surface area contributed by atoms with Crippen LogP contribution in [-0.2, 0) is 6.42 Å². The summed E-state index contributed by atoms with van der Waals surface area (Å²) in [4.78, 5) is 4.36. The normalized spacial score (nSPS) is 10.4.